The van der Waals surface area contributed by atoms with E-state index >= 15 is 0 Å². The minimum Gasteiger partial charge on any atom is -0.487 e. The Bertz CT molecular complexity index is 1070. The smallest absolute Gasteiger partial charge is 0.323 e. The average Bonchev–Trinajstić information content (AvgIpc) is 3.49. The zero-order valence-electron chi connectivity index (χ0n) is 17.6. The highest BCUT2D eigenvalue weighted by atomic mass is 16.5. The molecular weight excluding hydrogens is 392 g/mol. The number of ether oxygens (including phenoxy) is 2. The van der Waals surface area contributed by atoms with Crippen LogP contribution in [0, 0.1) is 0 Å². The van der Waals surface area contributed by atoms with Gasteiger partial charge in [-0.25, -0.2) is 0 Å². The lowest BCUT2D eigenvalue weighted by molar-refractivity contribution is -0.145. The molecule has 1 fully saturated rings. The Kier molecular flexibility index (Phi) is 5.24. The molecule has 160 valence electrons. The monoisotopic (exact) mass is 418 g/mol. The fourth-order valence-electron chi connectivity index (χ4n) is 4.90. The molecule has 3 heterocycles. The predicted octanol–water partition coefficient (Wildman–Crippen LogP) is 3.61. The molecule has 6 heteroatoms. The van der Waals surface area contributed by atoms with Crippen molar-refractivity contribution in [1.82, 2.24) is 4.90 Å². The van der Waals surface area contributed by atoms with Crippen molar-refractivity contribution in [2.45, 2.75) is 38.3 Å². The molecule has 0 aliphatic carbocycles. The highest BCUT2D eigenvalue weighted by molar-refractivity contribution is 6.36. The summed E-state index contributed by atoms with van der Waals surface area (Å²) in [6, 6.07) is 14.0. The Hall–Kier alpha value is -3.12. The van der Waals surface area contributed by atoms with Crippen LogP contribution in [-0.2, 0) is 32.1 Å². The number of fused-ring (bicyclic) bond motifs is 2. The largest absolute Gasteiger partial charge is 0.487 e. The number of rotatable bonds is 5. The van der Waals surface area contributed by atoms with Gasteiger partial charge in [0.1, 0.15) is 18.4 Å². The number of hydrogen-bond acceptors (Lipinski definition) is 5. The van der Waals surface area contributed by atoms with E-state index in [1.165, 1.54) is 12.7 Å². The first-order valence-electron chi connectivity index (χ1n) is 10.9. The lowest BCUT2D eigenvalue weighted by Gasteiger charge is -2.22. The van der Waals surface area contributed by atoms with Gasteiger partial charge in [0, 0.05) is 22.4 Å². The van der Waals surface area contributed by atoms with Crippen molar-refractivity contribution >= 4 is 28.9 Å². The number of carbonyl (C=O) groups excluding carboxylic acids is 2. The molecule has 3 aliphatic heterocycles. The zero-order chi connectivity index (χ0) is 21.4. The standard InChI is InChI=1S/C25H26N2O4/c1-30-25(29)21-9-5-13-27(21)12-4-6-16-10-11-18-17(14-16)15-31-23(18)22-19-7-2-3-8-20(19)26-24(22)28/h2-3,7-8,10-11,14,21H,4-6,9,12-13,15H2,1H3,(H,26,28)/b23-22+/t21-/m0/s1. The highest BCUT2D eigenvalue weighted by Gasteiger charge is 2.33. The van der Waals surface area contributed by atoms with Crippen molar-refractivity contribution in [1.29, 1.82) is 0 Å². The van der Waals surface area contributed by atoms with Crippen molar-refractivity contribution in [2.24, 2.45) is 0 Å². The van der Waals surface area contributed by atoms with E-state index in [0.29, 0.717) is 17.9 Å². The van der Waals surface area contributed by atoms with Gasteiger partial charge in [0.05, 0.1) is 12.7 Å². The summed E-state index contributed by atoms with van der Waals surface area (Å²) in [5.74, 6) is 0.436. The Morgan fingerprint density at radius 1 is 1.23 bits per heavy atom. The molecule has 0 bridgehead atoms. The van der Waals surface area contributed by atoms with Gasteiger partial charge in [0.15, 0.2) is 0 Å². The third kappa shape index (κ3) is 3.61. The summed E-state index contributed by atoms with van der Waals surface area (Å²) in [4.78, 5) is 26.7. The lowest BCUT2D eigenvalue weighted by Crippen LogP contribution is -2.37. The number of hydrogen-bond donors (Lipinski definition) is 1. The molecule has 3 aliphatic rings. The molecule has 0 saturated carbocycles. The molecule has 0 radical (unpaired) electrons. The zero-order valence-corrected chi connectivity index (χ0v) is 17.6. The summed E-state index contributed by atoms with van der Waals surface area (Å²) in [6.45, 7) is 2.33. The maximum absolute atomic E-state index is 12.6. The second-order valence-corrected chi connectivity index (χ2v) is 8.30. The summed E-state index contributed by atoms with van der Waals surface area (Å²) < 4.78 is 10.9. The Balaban J connectivity index is 1.29. The van der Waals surface area contributed by atoms with Gasteiger partial charge >= 0.3 is 5.97 Å². The van der Waals surface area contributed by atoms with Gasteiger partial charge in [-0.3, -0.25) is 14.5 Å². The molecule has 1 saturated heterocycles. The van der Waals surface area contributed by atoms with Gasteiger partial charge in [-0.1, -0.05) is 36.4 Å². The molecule has 31 heavy (non-hydrogen) atoms. The van der Waals surface area contributed by atoms with Crippen LogP contribution in [0.5, 0.6) is 0 Å². The first kappa shape index (κ1) is 19.8. The maximum Gasteiger partial charge on any atom is 0.323 e. The van der Waals surface area contributed by atoms with Gasteiger partial charge < -0.3 is 14.8 Å². The number of carbonyl (C=O) groups is 2. The van der Waals surface area contributed by atoms with Crippen molar-refractivity contribution < 1.29 is 19.1 Å². The molecule has 0 aromatic heterocycles. The summed E-state index contributed by atoms with van der Waals surface area (Å²) in [7, 11) is 1.46. The van der Waals surface area contributed by atoms with Gasteiger partial charge in [-0.2, -0.15) is 0 Å². The van der Waals surface area contributed by atoms with E-state index in [0.717, 1.165) is 61.2 Å². The second kappa shape index (κ2) is 8.19. The molecule has 5 rings (SSSR count). The number of aryl methyl sites for hydroxylation is 1. The van der Waals surface area contributed by atoms with Crippen molar-refractivity contribution in [3.05, 3.63) is 64.7 Å². The molecule has 0 unspecified atom stereocenters. The van der Waals surface area contributed by atoms with E-state index in [-0.39, 0.29) is 17.9 Å². The number of anilines is 1. The van der Waals surface area contributed by atoms with Crippen LogP contribution in [0.3, 0.4) is 0 Å². The number of esters is 1. The van der Waals surface area contributed by atoms with Crippen molar-refractivity contribution in [2.75, 3.05) is 25.5 Å². The number of methoxy groups -OCH3 is 1. The van der Waals surface area contributed by atoms with Gasteiger partial charge in [-0.05, 0) is 50.4 Å². The molecule has 1 N–H and O–H groups in total. The van der Waals surface area contributed by atoms with Crippen molar-refractivity contribution in [3.63, 3.8) is 0 Å². The number of nitrogens with one attached hydrogen (secondary N) is 1. The Morgan fingerprint density at radius 2 is 2.10 bits per heavy atom. The number of likely N-dealkylation sites (tertiary alicyclic amines) is 1. The van der Waals surface area contributed by atoms with Crippen LogP contribution in [0.25, 0.3) is 11.3 Å². The molecule has 0 spiro atoms. The predicted molar refractivity (Wildman–Crippen MR) is 118 cm³/mol. The fourth-order valence-corrected chi connectivity index (χ4v) is 4.90. The van der Waals surface area contributed by atoms with E-state index < -0.39 is 0 Å². The average molecular weight is 418 g/mol. The summed E-state index contributed by atoms with van der Waals surface area (Å²) in [6.07, 6.45) is 3.85. The van der Waals surface area contributed by atoms with E-state index in [9.17, 15) is 9.59 Å². The number of amides is 1. The molecule has 1 atom stereocenters. The van der Waals surface area contributed by atoms with E-state index in [1.54, 1.807) is 0 Å². The van der Waals surface area contributed by atoms with E-state index in [4.69, 9.17) is 9.47 Å². The number of para-hydroxylation sites is 1. The molecule has 2 aromatic rings. The quantitative estimate of drug-likeness (QED) is 0.594. The Morgan fingerprint density at radius 3 is 2.97 bits per heavy atom. The minimum atomic E-state index is -0.120. The first-order valence-corrected chi connectivity index (χ1v) is 10.9. The van der Waals surface area contributed by atoms with Crippen LogP contribution in [0.2, 0.25) is 0 Å². The van der Waals surface area contributed by atoms with Gasteiger partial charge in [0.2, 0.25) is 0 Å². The van der Waals surface area contributed by atoms with Crippen LogP contribution < -0.4 is 5.32 Å². The summed E-state index contributed by atoms with van der Waals surface area (Å²) in [5, 5.41) is 2.92. The minimum absolute atomic E-state index is 0.0898. The highest BCUT2D eigenvalue weighted by Crippen LogP contribution is 2.41. The topological polar surface area (TPSA) is 67.9 Å². The SMILES string of the molecule is COC(=O)[C@@H]1CCCN1CCCc1ccc2c(c1)CO/C2=C1/C(=O)Nc2ccccc21. The van der Waals surface area contributed by atoms with E-state index in [1.807, 2.05) is 24.3 Å². The summed E-state index contributed by atoms with van der Waals surface area (Å²) in [5.41, 5.74) is 5.70. The fraction of sp³-hybridized carbons (Fsp3) is 0.360. The molecular formula is C25H26N2O4. The third-order valence-corrected chi connectivity index (χ3v) is 6.43. The van der Waals surface area contributed by atoms with Gasteiger partial charge in [0.25, 0.3) is 5.91 Å². The lowest BCUT2D eigenvalue weighted by atomic mass is 9.98. The van der Waals surface area contributed by atoms with Crippen LogP contribution in [0.4, 0.5) is 5.69 Å². The first-order chi connectivity index (χ1) is 15.2. The number of benzene rings is 2. The van der Waals surface area contributed by atoms with E-state index in [2.05, 4.69) is 28.4 Å². The van der Waals surface area contributed by atoms with Crippen LogP contribution >= 0.6 is 0 Å². The van der Waals surface area contributed by atoms with Crippen LogP contribution in [0.1, 0.15) is 41.5 Å². The Labute approximate surface area is 181 Å². The second-order valence-electron chi connectivity index (χ2n) is 8.30. The molecule has 6 nitrogen and oxygen atoms in total. The molecule has 2 aromatic carbocycles. The van der Waals surface area contributed by atoms with Crippen LogP contribution in [-0.4, -0.2) is 43.0 Å². The van der Waals surface area contributed by atoms with Gasteiger partial charge in [-0.15, -0.1) is 0 Å². The molecule has 1 amide bonds. The maximum atomic E-state index is 12.6. The summed E-state index contributed by atoms with van der Waals surface area (Å²) >= 11 is 0. The normalized spacial score (nSPS) is 22.1. The van der Waals surface area contributed by atoms with Crippen molar-refractivity contribution in [3.8, 4) is 0 Å². The third-order valence-electron chi connectivity index (χ3n) is 6.43. The number of nitrogens with zero attached hydrogens (tertiary/aromatic N) is 1. The van der Waals surface area contributed by atoms with Crippen LogP contribution in [0.15, 0.2) is 42.5 Å².